The first-order valence-electron chi connectivity index (χ1n) is 10.3. The van der Waals surface area contributed by atoms with E-state index in [1.165, 1.54) is 0 Å². The van der Waals surface area contributed by atoms with Crippen LogP contribution in [0.15, 0.2) is 30.3 Å². The molecule has 2 heterocycles. The molecule has 0 aliphatic carbocycles. The fraction of sp³-hybridized carbons (Fsp3) is 0.409. The highest BCUT2D eigenvalue weighted by Crippen LogP contribution is 2.23. The summed E-state index contributed by atoms with van der Waals surface area (Å²) in [5.74, 6) is -0.736. The van der Waals surface area contributed by atoms with Gasteiger partial charge in [-0.05, 0) is 57.0 Å². The van der Waals surface area contributed by atoms with Crippen molar-refractivity contribution in [2.45, 2.75) is 33.1 Å². The Bertz CT molecular complexity index is 933. The monoisotopic (exact) mass is 425 g/mol. The average Bonchev–Trinajstić information content (AvgIpc) is 2.73. The van der Waals surface area contributed by atoms with Crippen molar-refractivity contribution in [3.05, 3.63) is 47.3 Å². The zero-order valence-electron chi connectivity index (χ0n) is 17.7. The molecule has 0 bridgehead atoms. The van der Waals surface area contributed by atoms with Gasteiger partial charge in [-0.3, -0.25) is 14.4 Å². The second-order valence-electron chi connectivity index (χ2n) is 7.68. The molecule has 0 unspecified atom stereocenters. The molecular formula is C22H27N5O4. The van der Waals surface area contributed by atoms with Gasteiger partial charge in [-0.25, -0.2) is 9.97 Å². The minimum absolute atomic E-state index is 0.0420. The first kappa shape index (κ1) is 22.2. The maximum absolute atomic E-state index is 12.6. The molecule has 1 aliphatic rings. The lowest BCUT2D eigenvalue weighted by Crippen LogP contribution is -2.39. The van der Waals surface area contributed by atoms with Crippen LogP contribution in [-0.4, -0.2) is 52.5 Å². The van der Waals surface area contributed by atoms with Gasteiger partial charge < -0.3 is 20.6 Å². The van der Waals surface area contributed by atoms with Gasteiger partial charge in [0.25, 0.3) is 5.91 Å². The van der Waals surface area contributed by atoms with Gasteiger partial charge in [-0.1, -0.05) is 0 Å². The number of anilines is 2. The smallest absolute Gasteiger partial charge is 0.305 e. The number of aliphatic carboxylic acids is 1. The van der Waals surface area contributed by atoms with Gasteiger partial charge in [0, 0.05) is 48.2 Å². The molecule has 3 N–H and O–H groups in total. The first-order chi connectivity index (χ1) is 14.8. The lowest BCUT2D eigenvalue weighted by atomic mass is 9.96. The molecule has 1 aromatic heterocycles. The second-order valence-corrected chi connectivity index (χ2v) is 7.68. The molecule has 1 aromatic carbocycles. The molecule has 31 heavy (non-hydrogen) atoms. The zero-order chi connectivity index (χ0) is 22.4. The molecule has 0 spiro atoms. The Labute approximate surface area is 180 Å². The number of benzene rings is 1. The van der Waals surface area contributed by atoms with Crippen LogP contribution in [0.1, 0.15) is 41.0 Å². The number of aryl methyl sites for hydroxylation is 2. The normalized spacial score (nSPS) is 14.2. The summed E-state index contributed by atoms with van der Waals surface area (Å²) in [6.07, 6.45) is 1.30. The standard InChI is InChI=1S/C22H27N5O4/c1-14-13-15(2)25-22(24-14)27-11-8-17(9-12-27)21(31)26-18-5-3-16(4-6-18)20(30)23-10-7-19(28)29/h3-6,13,17H,7-12H2,1-2H3,(H,23,30)(H,26,31)(H,28,29). The van der Waals surface area contributed by atoms with E-state index >= 15 is 0 Å². The second kappa shape index (κ2) is 10.0. The van der Waals surface area contributed by atoms with Crippen LogP contribution in [0, 0.1) is 19.8 Å². The van der Waals surface area contributed by atoms with Gasteiger partial charge in [0.2, 0.25) is 11.9 Å². The molecule has 0 atom stereocenters. The van der Waals surface area contributed by atoms with Gasteiger partial charge in [0.05, 0.1) is 6.42 Å². The molecule has 9 nitrogen and oxygen atoms in total. The Morgan fingerprint density at radius 3 is 2.26 bits per heavy atom. The van der Waals surface area contributed by atoms with E-state index in [2.05, 4.69) is 25.5 Å². The van der Waals surface area contributed by atoms with Crippen LogP contribution >= 0.6 is 0 Å². The quantitative estimate of drug-likeness (QED) is 0.621. The van der Waals surface area contributed by atoms with Gasteiger partial charge in [0.1, 0.15) is 0 Å². The number of hydrogen-bond acceptors (Lipinski definition) is 6. The van der Waals surface area contributed by atoms with Gasteiger partial charge in [-0.15, -0.1) is 0 Å². The predicted octanol–water partition coefficient (Wildman–Crippen LogP) is 2.15. The maximum Gasteiger partial charge on any atom is 0.305 e. The fourth-order valence-electron chi connectivity index (χ4n) is 3.52. The summed E-state index contributed by atoms with van der Waals surface area (Å²) in [4.78, 5) is 46.3. The third-order valence-corrected chi connectivity index (χ3v) is 5.16. The minimum Gasteiger partial charge on any atom is -0.481 e. The molecule has 1 saturated heterocycles. The van der Waals surface area contributed by atoms with Gasteiger partial charge in [-0.2, -0.15) is 0 Å². The number of nitrogens with zero attached hydrogens (tertiary/aromatic N) is 3. The van der Waals surface area contributed by atoms with Crippen molar-refractivity contribution in [3.8, 4) is 0 Å². The summed E-state index contributed by atoms with van der Waals surface area (Å²) in [6, 6.07) is 8.48. The van der Waals surface area contributed by atoms with Crippen LogP contribution in [0.3, 0.4) is 0 Å². The largest absolute Gasteiger partial charge is 0.481 e. The number of carbonyl (C=O) groups excluding carboxylic acids is 2. The molecule has 2 aromatic rings. The number of rotatable bonds is 7. The Hall–Kier alpha value is -3.49. The van der Waals surface area contributed by atoms with Crippen molar-refractivity contribution in [2.24, 2.45) is 5.92 Å². The van der Waals surface area contributed by atoms with Crippen LogP contribution in [0.4, 0.5) is 11.6 Å². The number of carbonyl (C=O) groups is 3. The van der Waals surface area contributed by atoms with E-state index in [1.54, 1.807) is 24.3 Å². The number of aromatic nitrogens is 2. The molecule has 3 rings (SSSR count). The van der Waals surface area contributed by atoms with Crippen molar-refractivity contribution >= 4 is 29.4 Å². The first-order valence-corrected chi connectivity index (χ1v) is 10.3. The number of hydrogen-bond donors (Lipinski definition) is 3. The fourth-order valence-corrected chi connectivity index (χ4v) is 3.52. The molecule has 1 fully saturated rings. The van der Waals surface area contributed by atoms with Gasteiger partial charge >= 0.3 is 5.97 Å². The number of carboxylic acid groups (broad SMARTS) is 1. The van der Waals surface area contributed by atoms with Crippen molar-refractivity contribution in [1.82, 2.24) is 15.3 Å². The molecule has 1 aliphatic heterocycles. The zero-order valence-corrected chi connectivity index (χ0v) is 17.7. The Morgan fingerprint density at radius 1 is 1.06 bits per heavy atom. The summed E-state index contributed by atoms with van der Waals surface area (Å²) in [5.41, 5.74) is 2.89. The summed E-state index contributed by atoms with van der Waals surface area (Å²) in [5, 5.41) is 14.1. The summed E-state index contributed by atoms with van der Waals surface area (Å²) in [6.45, 7) is 5.40. The lowest BCUT2D eigenvalue weighted by molar-refractivity contribution is -0.136. The summed E-state index contributed by atoms with van der Waals surface area (Å²) in [7, 11) is 0. The summed E-state index contributed by atoms with van der Waals surface area (Å²) >= 11 is 0. The van der Waals surface area contributed by atoms with Crippen LogP contribution in [0.2, 0.25) is 0 Å². The molecule has 0 saturated carbocycles. The van der Waals surface area contributed by atoms with E-state index in [4.69, 9.17) is 5.11 Å². The average molecular weight is 425 g/mol. The Morgan fingerprint density at radius 2 is 1.68 bits per heavy atom. The van der Waals surface area contributed by atoms with E-state index in [9.17, 15) is 14.4 Å². The van der Waals surface area contributed by atoms with Crippen molar-refractivity contribution in [2.75, 3.05) is 29.9 Å². The molecule has 2 amide bonds. The van der Waals surface area contributed by atoms with Gasteiger partial charge in [0.15, 0.2) is 0 Å². The van der Waals surface area contributed by atoms with E-state index in [-0.39, 0.29) is 30.7 Å². The van der Waals surface area contributed by atoms with E-state index in [1.807, 2.05) is 19.9 Å². The SMILES string of the molecule is Cc1cc(C)nc(N2CCC(C(=O)Nc3ccc(C(=O)NCCC(=O)O)cc3)CC2)n1. The van der Waals surface area contributed by atoms with E-state index < -0.39 is 5.97 Å². The Balaban J connectivity index is 1.49. The Kier molecular flexibility index (Phi) is 7.17. The molecule has 9 heteroatoms. The highest BCUT2D eigenvalue weighted by atomic mass is 16.4. The third kappa shape index (κ3) is 6.24. The number of amides is 2. The minimum atomic E-state index is -0.967. The van der Waals surface area contributed by atoms with E-state index in [0.717, 1.165) is 24.5 Å². The van der Waals surface area contributed by atoms with E-state index in [0.29, 0.717) is 30.0 Å². The van der Waals surface area contributed by atoms with Crippen LogP contribution < -0.4 is 15.5 Å². The topological polar surface area (TPSA) is 125 Å². The predicted molar refractivity (Wildman–Crippen MR) is 116 cm³/mol. The van der Waals surface area contributed by atoms with Crippen LogP contribution in [-0.2, 0) is 9.59 Å². The maximum atomic E-state index is 12.6. The highest BCUT2D eigenvalue weighted by Gasteiger charge is 2.26. The molecule has 164 valence electrons. The van der Waals surface area contributed by atoms with Crippen molar-refractivity contribution in [3.63, 3.8) is 0 Å². The van der Waals surface area contributed by atoms with Crippen LogP contribution in [0.5, 0.6) is 0 Å². The molecular weight excluding hydrogens is 398 g/mol. The molecule has 0 radical (unpaired) electrons. The lowest BCUT2D eigenvalue weighted by Gasteiger charge is -2.31. The van der Waals surface area contributed by atoms with Crippen LogP contribution in [0.25, 0.3) is 0 Å². The van der Waals surface area contributed by atoms with Crippen molar-refractivity contribution < 1.29 is 19.5 Å². The number of carboxylic acids is 1. The third-order valence-electron chi connectivity index (χ3n) is 5.16. The highest BCUT2D eigenvalue weighted by molar-refractivity contribution is 5.96. The number of nitrogens with one attached hydrogen (secondary N) is 2. The van der Waals surface area contributed by atoms with Crippen molar-refractivity contribution in [1.29, 1.82) is 0 Å². The number of piperidine rings is 1. The summed E-state index contributed by atoms with van der Waals surface area (Å²) < 4.78 is 0.